The van der Waals surface area contributed by atoms with Crippen molar-refractivity contribution in [1.82, 2.24) is 10.2 Å². The Bertz CT molecular complexity index is 451. The van der Waals surface area contributed by atoms with Gasteiger partial charge in [0.2, 0.25) is 0 Å². The van der Waals surface area contributed by atoms with Crippen molar-refractivity contribution in [1.29, 1.82) is 0 Å². The first-order chi connectivity index (χ1) is 9.76. The molecule has 0 spiro atoms. The molecule has 4 heteroatoms. The summed E-state index contributed by atoms with van der Waals surface area (Å²) < 4.78 is 0. The van der Waals surface area contributed by atoms with Crippen LogP contribution in [-0.4, -0.2) is 43.7 Å². The van der Waals surface area contributed by atoms with Crippen LogP contribution >= 0.6 is 11.6 Å². The van der Waals surface area contributed by atoms with Crippen LogP contribution in [0.25, 0.3) is 0 Å². The van der Waals surface area contributed by atoms with Crippen molar-refractivity contribution in [2.75, 3.05) is 37.6 Å². The van der Waals surface area contributed by atoms with Crippen molar-refractivity contribution in [3.05, 3.63) is 28.8 Å². The van der Waals surface area contributed by atoms with Gasteiger partial charge in [0, 0.05) is 49.5 Å². The van der Waals surface area contributed by atoms with E-state index in [0.717, 1.165) is 50.3 Å². The van der Waals surface area contributed by atoms with Gasteiger partial charge < -0.3 is 15.1 Å². The Morgan fingerprint density at radius 2 is 1.95 bits per heavy atom. The minimum Gasteiger partial charge on any atom is -0.369 e. The third-order valence-corrected chi connectivity index (χ3v) is 4.60. The number of anilines is 1. The van der Waals surface area contributed by atoms with Gasteiger partial charge in [0.25, 0.3) is 0 Å². The summed E-state index contributed by atoms with van der Waals surface area (Å²) in [6.07, 6.45) is 2.65. The van der Waals surface area contributed by atoms with Crippen molar-refractivity contribution in [2.24, 2.45) is 0 Å². The molecule has 0 bridgehead atoms. The molecular formula is C16H24ClN3. The number of benzene rings is 1. The summed E-state index contributed by atoms with van der Waals surface area (Å²) in [7, 11) is 0. The summed E-state index contributed by atoms with van der Waals surface area (Å²) in [6, 6.07) is 7.06. The maximum atomic E-state index is 6.18. The van der Waals surface area contributed by atoms with E-state index < -0.39 is 0 Å². The average molecular weight is 294 g/mol. The second-order valence-corrected chi connectivity index (χ2v) is 6.29. The van der Waals surface area contributed by atoms with E-state index in [2.05, 4.69) is 34.2 Å². The minimum atomic E-state index is 0.735. The fraction of sp³-hybridized carbons (Fsp3) is 0.625. The van der Waals surface area contributed by atoms with E-state index in [1.165, 1.54) is 24.1 Å². The fourth-order valence-corrected chi connectivity index (χ4v) is 3.05. The topological polar surface area (TPSA) is 18.5 Å². The van der Waals surface area contributed by atoms with Crippen molar-refractivity contribution in [3.63, 3.8) is 0 Å². The van der Waals surface area contributed by atoms with Gasteiger partial charge in [-0.3, -0.25) is 0 Å². The molecule has 1 heterocycles. The van der Waals surface area contributed by atoms with Crippen LogP contribution in [0.3, 0.4) is 0 Å². The van der Waals surface area contributed by atoms with E-state index in [4.69, 9.17) is 11.6 Å². The van der Waals surface area contributed by atoms with Gasteiger partial charge in [-0.1, -0.05) is 18.5 Å². The van der Waals surface area contributed by atoms with Gasteiger partial charge in [-0.05, 0) is 43.1 Å². The lowest BCUT2D eigenvalue weighted by Gasteiger charge is -2.36. The Morgan fingerprint density at radius 1 is 1.20 bits per heavy atom. The standard InChI is InChI=1S/C16H24ClN3/c1-2-19-7-9-20(10-8-19)16-6-3-14(17)11-13(16)12-18-15-4-5-15/h3,6,11,15,18H,2,4-5,7-10,12H2,1H3. The summed E-state index contributed by atoms with van der Waals surface area (Å²) in [6.45, 7) is 8.89. The highest BCUT2D eigenvalue weighted by Gasteiger charge is 2.22. The minimum absolute atomic E-state index is 0.735. The molecule has 0 amide bonds. The van der Waals surface area contributed by atoms with Crippen LogP contribution in [-0.2, 0) is 6.54 Å². The molecule has 0 radical (unpaired) electrons. The molecule has 1 N–H and O–H groups in total. The molecule has 3 rings (SSSR count). The van der Waals surface area contributed by atoms with E-state index in [-0.39, 0.29) is 0 Å². The van der Waals surface area contributed by atoms with Crippen LogP contribution < -0.4 is 10.2 Å². The molecule has 0 unspecified atom stereocenters. The number of piperazine rings is 1. The highest BCUT2D eigenvalue weighted by Crippen LogP contribution is 2.27. The van der Waals surface area contributed by atoms with Crippen molar-refractivity contribution in [3.8, 4) is 0 Å². The second kappa shape index (κ2) is 6.33. The maximum Gasteiger partial charge on any atom is 0.0413 e. The van der Waals surface area contributed by atoms with E-state index in [1.807, 2.05) is 6.07 Å². The van der Waals surface area contributed by atoms with Crippen LogP contribution in [0, 0.1) is 0 Å². The summed E-state index contributed by atoms with van der Waals surface area (Å²) >= 11 is 6.18. The predicted molar refractivity (Wildman–Crippen MR) is 85.6 cm³/mol. The Hall–Kier alpha value is -0.770. The zero-order valence-corrected chi connectivity index (χ0v) is 13.0. The summed E-state index contributed by atoms with van der Waals surface area (Å²) in [5.41, 5.74) is 2.70. The maximum absolute atomic E-state index is 6.18. The molecule has 0 aromatic heterocycles. The number of likely N-dealkylation sites (N-methyl/N-ethyl adjacent to an activating group) is 1. The summed E-state index contributed by atoms with van der Waals surface area (Å²) in [4.78, 5) is 5.01. The second-order valence-electron chi connectivity index (χ2n) is 5.85. The third-order valence-electron chi connectivity index (χ3n) is 4.36. The normalized spacial score (nSPS) is 20.4. The van der Waals surface area contributed by atoms with Crippen molar-refractivity contribution < 1.29 is 0 Å². The lowest BCUT2D eigenvalue weighted by Crippen LogP contribution is -2.46. The number of halogens is 1. The number of rotatable bonds is 5. The Morgan fingerprint density at radius 3 is 2.60 bits per heavy atom. The quantitative estimate of drug-likeness (QED) is 0.900. The highest BCUT2D eigenvalue weighted by atomic mass is 35.5. The zero-order valence-electron chi connectivity index (χ0n) is 12.2. The Balaban J connectivity index is 1.70. The molecule has 0 atom stereocenters. The zero-order chi connectivity index (χ0) is 13.9. The van der Waals surface area contributed by atoms with Gasteiger partial charge in [0.1, 0.15) is 0 Å². The monoisotopic (exact) mass is 293 g/mol. The Kier molecular flexibility index (Phi) is 4.49. The molecule has 1 aliphatic carbocycles. The molecule has 1 saturated carbocycles. The fourth-order valence-electron chi connectivity index (χ4n) is 2.85. The Labute approximate surface area is 126 Å². The molecule has 1 aliphatic heterocycles. The van der Waals surface area contributed by atoms with Crippen LogP contribution in [0.2, 0.25) is 5.02 Å². The molecule has 1 aromatic carbocycles. The van der Waals surface area contributed by atoms with E-state index in [0.29, 0.717) is 0 Å². The lowest BCUT2D eigenvalue weighted by atomic mass is 10.1. The van der Waals surface area contributed by atoms with E-state index >= 15 is 0 Å². The van der Waals surface area contributed by atoms with Gasteiger partial charge >= 0.3 is 0 Å². The highest BCUT2D eigenvalue weighted by molar-refractivity contribution is 6.30. The predicted octanol–water partition coefficient (Wildman–Crippen LogP) is 2.73. The van der Waals surface area contributed by atoms with Crippen molar-refractivity contribution in [2.45, 2.75) is 32.4 Å². The van der Waals surface area contributed by atoms with Crippen LogP contribution in [0.4, 0.5) is 5.69 Å². The van der Waals surface area contributed by atoms with Gasteiger partial charge in [-0.15, -0.1) is 0 Å². The molecule has 1 saturated heterocycles. The van der Waals surface area contributed by atoms with Crippen LogP contribution in [0.15, 0.2) is 18.2 Å². The molecule has 2 fully saturated rings. The largest absolute Gasteiger partial charge is 0.369 e. The van der Waals surface area contributed by atoms with Gasteiger partial charge in [0.15, 0.2) is 0 Å². The first kappa shape index (κ1) is 14.2. The molecule has 3 nitrogen and oxygen atoms in total. The van der Waals surface area contributed by atoms with Crippen molar-refractivity contribution >= 4 is 17.3 Å². The van der Waals surface area contributed by atoms with Gasteiger partial charge in [-0.2, -0.15) is 0 Å². The number of hydrogen-bond acceptors (Lipinski definition) is 3. The number of nitrogens with one attached hydrogen (secondary N) is 1. The lowest BCUT2D eigenvalue weighted by molar-refractivity contribution is 0.271. The number of nitrogens with zero attached hydrogens (tertiary/aromatic N) is 2. The summed E-state index contributed by atoms with van der Waals surface area (Å²) in [5.74, 6) is 0. The van der Waals surface area contributed by atoms with E-state index in [1.54, 1.807) is 0 Å². The third kappa shape index (κ3) is 3.46. The smallest absolute Gasteiger partial charge is 0.0413 e. The SMILES string of the molecule is CCN1CCN(c2ccc(Cl)cc2CNC2CC2)CC1. The first-order valence-electron chi connectivity index (χ1n) is 7.75. The molecule has 110 valence electrons. The van der Waals surface area contributed by atoms with Crippen LogP contribution in [0.5, 0.6) is 0 Å². The molecule has 20 heavy (non-hydrogen) atoms. The molecular weight excluding hydrogens is 270 g/mol. The first-order valence-corrected chi connectivity index (χ1v) is 8.13. The average Bonchev–Trinajstić information content (AvgIpc) is 3.30. The number of hydrogen-bond donors (Lipinski definition) is 1. The van der Waals surface area contributed by atoms with E-state index in [9.17, 15) is 0 Å². The summed E-state index contributed by atoms with van der Waals surface area (Å²) in [5, 5.41) is 4.45. The van der Waals surface area contributed by atoms with Gasteiger partial charge in [-0.25, -0.2) is 0 Å². The molecule has 2 aliphatic rings. The van der Waals surface area contributed by atoms with Crippen LogP contribution in [0.1, 0.15) is 25.3 Å². The molecule has 1 aromatic rings. The van der Waals surface area contributed by atoms with Gasteiger partial charge in [0.05, 0.1) is 0 Å².